The zero-order valence-electron chi connectivity index (χ0n) is 23.4. The van der Waals surface area contributed by atoms with Gasteiger partial charge < -0.3 is 14.8 Å². The van der Waals surface area contributed by atoms with Crippen molar-refractivity contribution in [3.05, 3.63) is 59.1 Å². The smallest absolute Gasteiger partial charge is 0.244 e. The minimum Gasteiger partial charge on any atom is -0.493 e. The molecular formula is C29H39BrN8O2. The van der Waals surface area contributed by atoms with Gasteiger partial charge in [-0.3, -0.25) is 4.90 Å². The summed E-state index contributed by atoms with van der Waals surface area (Å²) in [5, 5.41) is 8.04. The third-order valence-electron chi connectivity index (χ3n) is 7.38. The highest BCUT2D eigenvalue weighted by Gasteiger charge is 2.36. The predicted octanol–water partition coefficient (Wildman–Crippen LogP) is 4.47. The third-order valence-corrected chi connectivity index (χ3v) is 8.16. The Kier molecular flexibility index (Phi) is 10.0. The molecule has 0 amide bonds. The van der Waals surface area contributed by atoms with Crippen LogP contribution in [0.25, 0.3) is 0 Å². The molecule has 214 valence electrons. The molecule has 5 rings (SSSR count). The van der Waals surface area contributed by atoms with Crippen LogP contribution in [-0.4, -0.2) is 76.3 Å². The lowest BCUT2D eigenvalue weighted by Gasteiger charge is -2.47. The second-order valence-electron chi connectivity index (χ2n) is 10.0. The molecule has 4 heterocycles. The van der Waals surface area contributed by atoms with E-state index in [2.05, 4.69) is 58.3 Å². The van der Waals surface area contributed by atoms with Gasteiger partial charge in [-0.1, -0.05) is 0 Å². The monoisotopic (exact) mass is 610 g/mol. The second kappa shape index (κ2) is 14.0. The molecule has 3 aromatic rings. The molecular weight excluding hydrogens is 572 g/mol. The Balaban J connectivity index is 1.36. The van der Waals surface area contributed by atoms with Crippen molar-refractivity contribution in [3.63, 3.8) is 0 Å². The van der Waals surface area contributed by atoms with Gasteiger partial charge in [0.2, 0.25) is 11.9 Å². The van der Waals surface area contributed by atoms with E-state index >= 15 is 0 Å². The summed E-state index contributed by atoms with van der Waals surface area (Å²) in [5.74, 6) is 3.05. The molecule has 2 aromatic heterocycles. The molecule has 11 heteroatoms. The molecule has 2 fully saturated rings. The summed E-state index contributed by atoms with van der Waals surface area (Å²) in [5.41, 5.74) is 1.19. The van der Waals surface area contributed by atoms with Crippen LogP contribution in [0.1, 0.15) is 45.1 Å². The summed E-state index contributed by atoms with van der Waals surface area (Å²) in [7, 11) is 0. The van der Waals surface area contributed by atoms with Gasteiger partial charge in [0.05, 0.1) is 25.3 Å². The van der Waals surface area contributed by atoms with Crippen molar-refractivity contribution in [2.75, 3.05) is 49.4 Å². The SMILES string of the molecule is CCOc1cc(CN2CCC(N(c3ncccn3)N(c3ncccn3)C3CCNCC3)CC2)cc(OCC)c1Br. The van der Waals surface area contributed by atoms with Gasteiger partial charge in [-0.15, -0.1) is 0 Å². The van der Waals surface area contributed by atoms with E-state index < -0.39 is 0 Å². The van der Waals surface area contributed by atoms with Crippen LogP contribution >= 0.6 is 15.9 Å². The first-order valence-electron chi connectivity index (χ1n) is 14.3. The number of ether oxygens (including phenoxy) is 2. The van der Waals surface area contributed by atoms with E-state index in [9.17, 15) is 0 Å². The Bertz CT molecular complexity index is 1160. The first kappa shape index (κ1) is 28.5. The summed E-state index contributed by atoms with van der Waals surface area (Å²) >= 11 is 3.65. The molecule has 2 saturated heterocycles. The molecule has 0 saturated carbocycles. The fraction of sp³-hybridized carbons (Fsp3) is 0.517. The van der Waals surface area contributed by atoms with Gasteiger partial charge in [0.25, 0.3) is 0 Å². The largest absolute Gasteiger partial charge is 0.493 e. The zero-order valence-corrected chi connectivity index (χ0v) is 25.0. The van der Waals surface area contributed by atoms with Crippen molar-refractivity contribution in [2.45, 2.75) is 58.2 Å². The fourth-order valence-electron chi connectivity index (χ4n) is 5.56. The van der Waals surface area contributed by atoms with Crippen LogP contribution in [-0.2, 0) is 6.54 Å². The molecule has 40 heavy (non-hydrogen) atoms. The number of nitrogens with zero attached hydrogens (tertiary/aromatic N) is 7. The lowest BCUT2D eigenvalue weighted by molar-refractivity contribution is 0.196. The maximum atomic E-state index is 5.89. The third kappa shape index (κ3) is 6.82. The van der Waals surface area contributed by atoms with Crippen molar-refractivity contribution < 1.29 is 9.47 Å². The summed E-state index contributed by atoms with van der Waals surface area (Å²) in [4.78, 5) is 21.3. The Hall–Kier alpha value is -3.02. The molecule has 0 bridgehead atoms. The molecule has 2 aliphatic rings. The first-order valence-corrected chi connectivity index (χ1v) is 15.1. The van der Waals surface area contributed by atoms with Crippen molar-refractivity contribution in [1.82, 2.24) is 30.2 Å². The molecule has 0 unspecified atom stereocenters. The van der Waals surface area contributed by atoms with Gasteiger partial charge in [0, 0.05) is 44.4 Å². The number of benzene rings is 1. The Morgan fingerprint density at radius 3 is 1.75 bits per heavy atom. The predicted molar refractivity (Wildman–Crippen MR) is 160 cm³/mol. The molecule has 1 N–H and O–H groups in total. The van der Waals surface area contributed by atoms with E-state index in [1.807, 2.05) is 50.8 Å². The number of hydrazine groups is 1. The van der Waals surface area contributed by atoms with Crippen molar-refractivity contribution >= 4 is 27.8 Å². The van der Waals surface area contributed by atoms with E-state index in [0.29, 0.717) is 25.1 Å². The molecule has 1 aromatic carbocycles. The average Bonchev–Trinajstić information content (AvgIpc) is 3.00. The minimum atomic E-state index is 0.222. The van der Waals surface area contributed by atoms with E-state index in [1.165, 1.54) is 5.56 Å². The molecule has 0 atom stereocenters. The van der Waals surface area contributed by atoms with Crippen LogP contribution in [0, 0.1) is 0 Å². The number of likely N-dealkylation sites (tertiary alicyclic amines) is 1. The van der Waals surface area contributed by atoms with E-state index in [1.54, 1.807) is 0 Å². The molecule has 0 spiro atoms. The maximum absolute atomic E-state index is 5.89. The normalized spacial score (nSPS) is 17.0. The Labute approximate surface area is 245 Å². The minimum absolute atomic E-state index is 0.222. The number of aromatic nitrogens is 4. The van der Waals surface area contributed by atoms with Crippen LogP contribution in [0.5, 0.6) is 11.5 Å². The standard InChI is InChI=1S/C29H39BrN8O2/c1-3-39-25-19-22(20-26(27(25)30)40-4-2)21-36-17-9-24(10-18-36)38(29-34-13-6-14-35-29)37(23-7-15-31-16-8-23)28-32-11-5-12-33-28/h5-6,11-14,19-20,23-24,31H,3-4,7-10,15-18,21H2,1-2H3. The highest BCUT2D eigenvalue weighted by molar-refractivity contribution is 9.10. The number of anilines is 2. The van der Waals surface area contributed by atoms with Crippen LogP contribution in [0.4, 0.5) is 11.9 Å². The van der Waals surface area contributed by atoms with Gasteiger partial charge in [0.15, 0.2) is 0 Å². The van der Waals surface area contributed by atoms with Crippen molar-refractivity contribution in [1.29, 1.82) is 0 Å². The maximum Gasteiger partial charge on any atom is 0.244 e. The van der Waals surface area contributed by atoms with Crippen LogP contribution in [0.15, 0.2) is 53.5 Å². The lowest BCUT2D eigenvalue weighted by atomic mass is 10.0. The van der Waals surface area contributed by atoms with Gasteiger partial charge in [-0.2, -0.15) is 0 Å². The van der Waals surface area contributed by atoms with Gasteiger partial charge in [-0.05, 0) is 98.4 Å². The summed E-state index contributed by atoms with van der Waals surface area (Å²) in [6.45, 7) is 9.89. The molecule has 10 nitrogen and oxygen atoms in total. The zero-order chi connectivity index (χ0) is 27.7. The fourth-order valence-corrected chi connectivity index (χ4v) is 6.02. The summed E-state index contributed by atoms with van der Waals surface area (Å²) < 4.78 is 12.7. The lowest BCUT2D eigenvalue weighted by Crippen LogP contribution is -2.59. The number of piperidine rings is 2. The van der Waals surface area contributed by atoms with E-state index in [-0.39, 0.29) is 12.1 Å². The summed E-state index contributed by atoms with van der Waals surface area (Å²) in [6.07, 6.45) is 11.2. The van der Waals surface area contributed by atoms with Gasteiger partial charge >= 0.3 is 0 Å². The first-order chi connectivity index (χ1) is 19.7. The second-order valence-corrected chi connectivity index (χ2v) is 10.8. The van der Waals surface area contributed by atoms with E-state index in [4.69, 9.17) is 19.4 Å². The molecule has 0 radical (unpaired) electrons. The number of halogens is 1. The van der Waals surface area contributed by atoms with Crippen molar-refractivity contribution in [3.8, 4) is 11.5 Å². The quantitative estimate of drug-likeness (QED) is 0.313. The van der Waals surface area contributed by atoms with Gasteiger partial charge in [-0.25, -0.2) is 30.0 Å². The number of hydrogen-bond acceptors (Lipinski definition) is 10. The molecule has 0 aliphatic carbocycles. The van der Waals surface area contributed by atoms with Crippen molar-refractivity contribution in [2.24, 2.45) is 0 Å². The van der Waals surface area contributed by atoms with Gasteiger partial charge in [0.1, 0.15) is 16.0 Å². The number of rotatable bonds is 11. The van der Waals surface area contributed by atoms with Crippen LogP contribution in [0.2, 0.25) is 0 Å². The Morgan fingerprint density at radius 1 is 0.800 bits per heavy atom. The number of nitrogens with one attached hydrogen (secondary N) is 1. The molecule has 2 aliphatic heterocycles. The van der Waals surface area contributed by atoms with Crippen LogP contribution < -0.4 is 24.8 Å². The highest BCUT2D eigenvalue weighted by atomic mass is 79.9. The van der Waals surface area contributed by atoms with E-state index in [0.717, 1.165) is 74.4 Å². The Morgan fingerprint density at radius 2 is 1.27 bits per heavy atom. The summed E-state index contributed by atoms with van der Waals surface area (Å²) in [6, 6.07) is 8.46. The number of hydrogen-bond donors (Lipinski definition) is 1. The van der Waals surface area contributed by atoms with Crippen LogP contribution in [0.3, 0.4) is 0 Å². The highest BCUT2D eigenvalue weighted by Crippen LogP contribution is 2.37. The topological polar surface area (TPSA) is 91.8 Å². The average molecular weight is 612 g/mol.